The van der Waals surface area contributed by atoms with E-state index >= 15 is 0 Å². The van der Waals surface area contributed by atoms with Crippen LogP contribution in [0.1, 0.15) is 50.8 Å². The summed E-state index contributed by atoms with van der Waals surface area (Å²) in [7, 11) is 0. The van der Waals surface area contributed by atoms with Crippen molar-refractivity contribution in [1.29, 1.82) is 0 Å². The van der Waals surface area contributed by atoms with Crippen molar-refractivity contribution in [3.63, 3.8) is 0 Å². The second-order valence-electron chi connectivity index (χ2n) is 6.69. The van der Waals surface area contributed by atoms with E-state index in [0.29, 0.717) is 0 Å². The Balaban J connectivity index is 2.40. The number of rotatable bonds is 5. The minimum absolute atomic E-state index is 0.236. The van der Waals surface area contributed by atoms with Gasteiger partial charge in [0.2, 0.25) is 0 Å². The van der Waals surface area contributed by atoms with Gasteiger partial charge in [-0.3, -0.25) is 0 Å². The Morgan fingerprint density at radius 3 is 2.33 bits per heavy atom. The van der Waals surface area contributed by atoms with Crippen LogP contribution in [0.5, 0.6) is 0 Å². The summed E-state index contributed by atoms with van der Waals surface area (Å²) in [5.41, 5.74) is 4.51. The SMILES string of the molecule is Cc1ccc(CC(C)CCNC(C)(C)C)cc1C. The van der Waals surface area contributed by atoms with Crippen LogP contribution in [0.4, 0.5) is 0 Å². The average molecular weight is 247 g/mol. The number of hydrogen-bond donors (Lipinski definition) is 1. The van der Waals surface area contributed by atoms with Crippen LogP contribution in [0.15, 0.2) is 18.2 Å². The van der Waals surface area contributed by atoms with Gasteiger partial charge in [-0.2, -0.15) is 0 Å². The second-order valence-corrected chi connectivity index (χ2v) is 6.69. The normalized spacial score (nSPS) is 13.7. The van der Waals surface area contributed by atoms with E-state index in [4.69, 9.17) is 0 Å². The lowest BCUT2D eigenvalue weighted by Gasteiger charge is -2.22. The number of benzene rings is 1. The van der Waals surface area contributed by atoms with E-state index in [9.17, 15) is 0 Å². The molecule has 0 bridgehead atoms. The maximum absolute atomic E-state index is 3.56. The van der Waals surface area contributed by atoms with Gasteiger partial charge in [0.05, 0.1) is 0 Å². The van der Waals surface area contributed by atoms with Crippen molar-refractivity contribution >= 4 is 0 Å². The van der Waals surface area contributed by atoms with E-state index in [-0.39, 0.29) is 5.54 Å². The minimum Gasteiger partial charge on any atom is -0.312 e. The van der Waals surface area contributed by atoms with Crippen LogP contribution in [0.3, 0.4) is 0 Å². The summed E-state index contributed by atoms with van der Waals surface area (Å²) in [6, 6.07) is 6.85. The van der Waals surface area contributed by atoms with Crippen molar-refractivity contribution in [3.05, 3.63) is 34.9 Å². The predicted molar refractivity (Wildman–Crippen MR) is 81.2 cm³/mol. The largest absolute Gasteiger partial charge is 0.312 e. The van der Waals surface area contributed by atoms with Crippen molar-refractivity contribution in [2.24, 2.45) is 5.92 Å². The Hall–Kier alpha value is -0.820. The number of nitrogens with one attached hydrogen (secondary N) is 1. The van der Waals surface area contributed by atoms with Crippen molar-refractivity contribution in [1.82, 2.24) is 5.32 Å². The number of aryl methyl sites for hydroxylation is 2. The molecule has 1 rings (SSSR count). The summed E-state index contributed by atoms with van der Waals surface area (Å²) in [5, 5.41) is 3.56. The molecule has 1 nitrogen and oxygen atoms in total. The lowest BCUT2D eigenvalue weighted by atomic mass is 9.95. The Kier molecular flexibility index (Phi) is 5.40. The molecule has 1 N–H and O–H groups in total. The standard InChI is InChI=1S/C17H29N/c1-13(9-10-18-17(4,5)6)11-16-8-7-14(2)15(3)12-16/h7-8,12-13,18H,9-11H2,1-6H3. The fraction of sp³-hybridized carbons (Fsp3) is 0.647. The summed E-state index contributed by atoms with van der Waals surface area (Å²) in [5.74, 6) is 0.738. The molecule has 18 heavy (non-hydrogen) atoms. The van der Waals surface area contributed by atoms with Crippen molar-refractivity contribution in [3.8, 4) is 0 Å². The first-order valence-corrected chi connectivity index (χ1v) is 7.09. The van der Waals surface area contributed by atoms with E-state index in [1.807, 2.05) is 0 Å². The van der Waals surface area contributed by atoms with E-state index in [2.05, 4.69) is 65.1 Å². The zero-order chi connectivity index (χ0) is 13.8. The van der Waals surface area contributed by atoms with E-state index in [1.165, 1.54) is 29.5 Å². The molecule has 0 saturated carbocycles. The number of hydrogen-bond acceptors (Lipinski definition) is 1. The first kappa shape index (κ1) is 15.2. The maximum Gasteiger partial charge on any atom is 0.00965 e. The molecule has 102 valence electrons. The third-order valence-electron chi connectivity index (χ3n) is 3.45. The topological polar surface area (TPSA) is 12.0 Å². The molecular weight excluding hydrogens is 218 g/mol. The van der Waals surface area contributed by atoms with Crippen molar-refractivity contribution < 1.29 is 0 Å². The van der Waals surface area contributed by atoms with Crippen LogP contribution < -0.4 is 5.32 Å². The molecule has 0 radical (unpaired) electrons. The highest BCUT2D eigenvalue weighted by atomic mass is 14.9. The zero-order valence-electron chi connectivity index (χ0n) is 12.9. The van der Waals surface area contributed by atoms with Crippen molar-refractivity contribution in [2.45, 2.75) is 59.9 Å². The van der Waals surface area contributed by atoms with Gasteiger partial charge >= 0.3 is 0 Å². The molecule has 0 fully saturated rings. The molecule has 1 aromatic carbocycles. The molecule has 1 unspecified atom stereocenters. The fourth-order valence-corrected chi connectivity index (χ4v) is 2.13. The molecule has 0 aromatic heterocycles. The van der Waals surface area contributed by atoms with Crippen LogP contribution in [0.25, 0.3) is 0 Å². The molecule has 1 heteroatoms. The van der Waals surface area contributed by atoms with Gasteiger partial charge in [0.15, 0.2) is 0 Å². The molecule has 0 aliphatic rings. The minimum atomic E-state index is 0.236. The summed E-state index contributed by atoms with van der Waals surface area (Å²) in [6.45, 7) is 14.5. The Morgan fingerprint density at radius 1 is 1.11 bits per heavy atom. The molecule has 0 saturated heterocycles. The molecule has 0 aliphatic heterocycles. The lowest BCUT2D eigenvalue weighted by molar-refractivity contribution is 0.394. The third kappa shape index (κ3) is 5.68. The van der Waals surface area contributed by atoms with Crippen molar-refractivity contribution in [2.75, 3.05) is 6.54 Å². The molecule has 0 amide bonds. The Morgan fingerprint density at radius 2 is 1.78 bits per heavy atom. The lowest BCUT2D eigenvalue weighted by Crippen LogP contribution is -2.37. The van der Waals surface area contributed by atoms with Gasteiger partial charge in [0.25, 0.3) is 0 Å². The van der Waals surface area contributed by atoms with Gasteiger partial charge in [-0.25, -0.2) is 0 Å². The summed E-state index contributed by atoms with van der Waals surface area (Å²) in [6.07, 6.45) is 2.43. The molecule has 0 heterocycles. The van der Waals surface area contributed by atoms with E-state index < -0.39 is 0 Å². The summed E-state index contributed by atoms with van der Waals surface area (Å²) >= 11 is 0. The van der Waals surface area contributed by atoms with Gasteiger partial charge < -0.3 is 5.32 Å². The highest BCUT2D eigenvalue weighted by Crippen LogP contribution is 2.15. The Bertz CT molecular complexity index is 374. The highest BCUT2D eigenvalue weighted by molar-refractivity contribution is 5.30. The van der Waals surface area contributed by atoms with Gasteiger partial charge in [-0.1, -0.05) is 25.1 Å². The predicted octanol–water partition coefficient (Wildman–Crippen LogP) is 4.26. The summed E-state index contributed by atoms with van der Waals surface area (Å²) in [4.78, 5) is 0. The van der Waals surface area contributed by atoms with E-state index in [1.54, 1.807) is 0 Å². The smallest absolute Gasteiger partial charge is 0.00965 e. The van der Waals surface area contributed by atoms with Gasteiger partial charge in [0.1, 0.15) is 0 Å². The molecular formula is C17H29N. The average Bonchev–Trinajstić information content (AvgIpc) is 2.21. The third-order valence-corrected chi connectivity index (χ3v) is 3.45. The van der Waals surface area contributed by atoms with E-state index in [0.717, 1.165) is 12.5 Å². The van der Waals surface area contributed by atoms with Gasteiger partial charge in [-0.05, 0) is 76.6 Å². The molecule has 0 aliphatic carbocycles. The van der Waals surface area contributed by atoms with Crippen LogP contribution in [0, 0.1) is 19.8 Å². The molecule has 1 aromatic rings. The van der Waals surface area contributed by atoms with Crippen LogP contribution >= 0.6 is 0 Å². The highest BCUT2D eigenvalue weighted by Gasteiger charge is 2.10. The van der Waals surface area contributed by atoms with Gasteiger partial charge in [0, 0.05) is 5.54 Å². The van der Waals surface area contributed by atoms with Gasteiger partial charge in [-0.15, -0.1) is 0 Å². The van der Waals surface area contributed by atoms with Crippen LogP contribution in [-0.2, 0) is 6.42 Å². The van der Waals surface area contributed by atoms with Crippen LogP contribution in [0.2, 0.25) is 0 Å². The second kappa shape index (κ2) is 6.38. The van der Waals surface area contributed by atoms with Crippen LogP contribution in [-0.4, -0.2) is 12.1 Å². The first-order chi connectivity index (χ1) is 8.28. The zero-order valence-corrected chi connectivity index (χ0v) is 12.9. The maximum atomic E-state index is 3.56. The first-order valence-electron chi connectivity index (χ1n) is 7.09. The Labute approximate surface area is 113 Å². The quantitative estimate of drug-likeness (QED) is 0.819. The molecule has 0 spiro atoms. The monoisotopic (exact) mass is 247 g/mol. The molecule has 1 atom stereocenters. The fourth-order valence-electron chi connectivity index (χ4n) is 2.13. The summed E-state index contributed by atoms with van der Waals surface area (Å²) < 4.78 is 0.